The van der Waals surface area contributed by atoms with Crippen LogP contribution in [0.1, 0.15) is 19.8 Å². The average Bonchev–Trinajstić information content (AvgIpc) is 2.34. The first-order valence-electron chi connectivity index (χ1n) is 6.08. The van der Waals surface area contributed by atoms with Gasteiger partial charge in [0.1, 0.15) is 12.6 Å². The molecule has 0 aromatic heterocycles. The Morgan fingerprint density at radius 2 is 2.21 bits per heavy atom. The van der Waals surface area contributed by atoms with Crippen molar-refractivity contribution in [3.63, 3.8) is 0 Å². The van der Waals surface area contributed by atoms with E-state index in [1.807, 2.05) is 6.92 Å². The van der Waals surface area contributed by atoms with Gasteiger partial charge in [-0.1, -0.05) is 24.9 Å². The highest BCUT2D eigenvalue weighted by molar-refractivity contribution is 9.10. The maximum Gasteiger partial charge on any atom is 0.250 e. The molecule has 1 aromatic carbocycles. The quantitative estimate of drug-likeness (QED) is 0.916. The lowest BCUT2D eigenvalue weighted by Crippen LogP contribution is -2.58. The molecule has 1 atom stereocenters. The van der Waals surface area contributed by atoms with Crippen molar-refractivity contribution in [3.05, 3.63) is 27.7 Å². The number of halogens is 2. The van der Waals surface area contributed by atoms with Crippen molar-refractivity contribution in [2.75, 3.05) is 11.4 Å². The van der Waals surface area contributed by atoms with E-state index in [2.05, 4.69) is 21.2 Å². The van der Waals surface area contributed by atoms with Gasteiger partial charge in [0.2, 0.25) is 11.8 Å². The van der Waals surface area contributed by atoms with Crippen LogP contribution in [-0.2, 0) is 9.59 Å². The van der Waals surface area contributed by atoms with Crippen molar-refractivity contribution in [3.8, 4) is 0 Å². The van der Waals surface area contributed by atoms with Gasteiger partial charge in [0.05, 0.1) is 5.69 Å². The van der Waals surface area contributed by atoms with E-state index in [-0.39, 0.29) is 18.4 Å². The number of hydrogen-bond acceptors (Lipinski definition) is 2. The Balaban J connectivity index is 2.31. The summed E-state index contributed by atoms with van der Waals surface area (Å²) in [6.45, 7) is 2.02. The standard InChI is InChI=1S/C13H14BrClN2O2/c1-2-3-10-13(19)17(7-12(18)16-10)11-5-4-8(15)6-9(11)14/h4-6,10H,2-3,7H2,1H3,(H,16,18). The van der Waals surface area contributed by atoms with Crippen LogP contribution < -0.4 is 10.2 Å². The van der Waals surface area contributed by atoms with E-state index in [1.165, 1.54) is 4.90 Å². The number of piperazine rings is 1. The van der Waals surface area contributed by atoms with Crippen molar-refractivity contribution in [1.29, 1.82) is 0 Å². The van der Waals surface area contributed by atoms with Gasteiger partial charge in [-0.2, -0.15) is 0 Å². The van der Waals surface area contributed by atoms with Crippen LogP contribution in [0.4, 0.5) is 5.69 Å². The fourth-order valence-corrected chi connectivity index (χ4v) is 3.00. The van der Waals surface area contributed by atoms with Crippen LogP contribution >= 0.6 is 27.5 Å². The number of carbonyl (C=O) groups is 2. The summed E-state index contributed by atoms with van der Waals surface area (Å²) in [6, 6.07) is 4.72. The Bertz CT molecular complexity index is 521. The van der Waals surface area contributed by atoms with Crippen molar-refractivity contribution < 1.29 is 9.59 Å². The third kappa shape index (κ3) is 3.09. The topological polar surface area (TPSA) is 49.4 Å². The van der Waals surface area contributed by atoms with Gasteiger partial charge in [0.15, 0.2) is 0 Å². The molecule has 1 fully saturated rings. The molecule has 0 aliphatic carbocycles. The molecule has 1 aliphatic heterocycles. The highest BCUT2D eigenvalue weighted by Crippen LogP contribution is 2.30. The lowest BCUT2D eigenvalue weighted by Gasteiger charge is -2.33. The largest absolute Gasteiger partial charge is 0.343 e. The molecule has 4 nitrogen and oxygen atoms in total. The molecule has 1 unspecified atom stereocenters. The lowest BCUT2D eigenvalue weighted by molar-refractivity contribution is -0.131. The summed E-state index contributed by atoms with van der Waals surface area (Å²) >= 11 is 9.27. The van der Waals surface area contributed by atoms with Gasteiger partial charge in [-0.3, -0.25) is 9.59 Å². The zero-order valence-electron chi connectivity index (χ0n) is 10.5. The summed E-state index contributed by atoms with van der Waals surface area (Å²) in [4.78, 5) is 25.6. The number of amides is 2. The Hall–Kier alpha value is -1.07. The number of nitrogens with zero attached hydrogens (tertiary/aromatic N) is 1. The lowest BCUT2D eigenvalue weighted by atomic mass is 10.1. The van der Waals surface area contributed by atoms with E-state index in [4.69, 9.17) is 11.6 Å². The smallest absolute Gasteiger partial charge is 0.250 e. The monoisotopic (exact) mass is 344 g/mol. The molecule has 2 rings (SSSR count). The van der Waals surface area contributed by atoms with Gasteiger partial charge in [-0.05, 0) is 40.5 Å². The molecule has 0 spiro atoms. The number of hydrogen-bond donors (Lipinski definition) is 1. The minimum Gasteiger partial charge on any atom is -0.343 e. The zero-order valence-corrected chi connectivity index (χ0v) is 12.8. The van der Waals surface area contributed by atoms with E-state index in [0.717, 1.165) is 6.42 Å². The maximum absolute atomic E-state index is 12.4. The van der Waals surface area contributed by atoms with Crippen LogP contribution in [0.3, 0.4) is 0 Å². The van der Waals surface area contributed by atoms with Crippen molar-refractivity contribution in [2.45, 2.75) is 25.8 Å². The molecule has 102 valence electrons. The zero-order chi connectivity index (χ0) is 14.0. The fourth-order valence-electron chi connectivity index (χ4n) is 2.10. The summed E-state index contributed by atoms with van der Waals surface area (Å²) < 4.78 is 0.707. The van der Waals surface area contributed by atoms with Gasteiger partial charge in [0, 0.05) is 9.50 Å². The average molecular weight is 346 g/mol. The minimum absolute atomic E-state index is 0.0410. The summed E-state index contributed by atoms with van der Waals surface area (Å²) in [5, 5.41) is 3.30. The highest BCUT2D eigenvalue weighted by Gasteiger charge is 2.33. The third-order valence-corrected chi connectivity index (χ3v) is 3.85. The van der Waals surface area contributed by atoms with Crippen molar-refractivity contribution in [2.24, 2.45) is 0 Å². The number of anilines is 1. The summed E-state index contributed by atoms with van der Waals surface area (Å²) in [5.41, 5.74) is 0.672. The highest BCUT2D eigenvalue weighted by atomic mass is 79.9. The first-order valence-corrected chi connectivity index (χ1v) is 7.25. The molecule has 1 heterocycles. The van der Waals surface area contributed by atoms with Gasteiger partial charge in [0.25, 0.3) is 0 Å². The van der Waals surface area contributed by atoms with E-state index >= 15 is 0 Å². The maximum atomic E-state index is 12.4. The van der Waals surface area contributed by atoms with Crippen LogP contribution in [0.25, 0.3) is 0 Å². The second kappa shape index (κ2) is 5.92. The Labute approximate surface area is 125 Å². The number of rotatable bonds is 3. The SMILES string of the molecule is CCCC1NC(=O)CN(c2ccc(Cl)cc2Br)C1=O. The van der Waals surface area contributed by atoms with E-state index in [1.54, 1.807) is 18.2 Å². The summed E-state index contributed by atoms with van der Waals surface area (Å²) in [6.07, 6.45) is 1.48. The van der Waals surface area contributed by atoms with Crippen LogP contribution in [0.15, 0.2) is 22.7 Å². The second-order valence-electron chi connectivity index (χ2n) is 4.43. The molecule has 0 radical (unpaired) electrons. The van der Waals surface area contributed by atoms with Crippen LogP contribution in [-0.4, -0.2) is 24.4 Å². The fraction of sp³-hybridized carbons (Fsp3) is 0.385. The van der Waals surface area contributed by atoms with E-state index in [0.29, 0.717) is 21.6 Å². The molecule has 0 saturated carbocycles. The predicted octanol–water partition coefficient (Wildman–Crippen LogP) is 2.73. The Morgan fingerprint density at radius 3 is 2.84 bits per heavy atom. The molecular weight excluding hydrogens is 332 g/mol. The van der Waals surface area contributed by atoms with Gasteiger partial charge in [-0.25, -0.2) is 0 Å². The van der Waals surface area contributed by atoms with E-state index < -0.39 is 6.04 Å². The molecule has 19 heavy (non-hydrogen) atoms. The number of carbonyl (C=O) groups excluding carboxylic acids is 2. The minimum atomic E-state index is -0.436. The summed E-state index contributed by atoms with van der Waals surface area (Å²) in [7, 11) is 0. The number of benzene rings is 1. The molecule has 1 N–H and O–H groups in total. The Kier molecular flexibility index (Phi) is 4.47. The molecule has 6 heteroatoms. The summed E-state index contributed by atoms with van der Waals surface area (Å²) in [5.74, 6) is -0.218. The first-order chi connectivity index (χ1) is 9.02. The molecule has 1 aliphatic rings. The second-order valence-corrected chi connectivity index (χ2v) is 5.72. The third-order valence-electron chi connectivity index (χ3n) is 2.98. The van der Waals surface area contributed by atoms with E-state index in [9.17, 15) is 9.59 Å². The molecule has 1 aromatic rings. The Morgan fingerprint density at radius 1 is 1.47 bits per heavy atom. The van der Waals surface area contributed by atoms with Gasteiger partial charge in [-0.15, -0.1) is 0 Å². The number of nitrogens with one attached hydrogen (secondary N) is 1. The molecular formula is C13H14BrClN2O2. The molecule has 2 amide bonds. The van der Waals surface area contributed by atoms with Crippen LogP contribution in [0, 0.1) is 0 Å². The molecule has 1 saturated heterocycles. The van der Waals surface area contributed by atoms with Gasteiger partial charge >= 0.3 is 0 Å². The van der Waals surface area contributed by atoms with Crippen molar-refractivity contribution in [1.82, 2.24) is 5.32 Å². The molecule has 0 bridgehead atoms. The normalized spacial score (nSPS) is 19.5. The van der Waals surface area contributed by atoms with Crippen LogP contribution in [0.2, 0.25) is 5.02 Å². The first kappa shape index (κ1) is 14.3. The van der Waals surface area contributed by atoms with Crippen LogP contribution in [0.5, 0.6) is 0 Å². The van der Waals surface area contributed by atoms with Crippen molar-refractivity contribution >= 4 is 45.0 Å². The predicted molar refractivity (Wildman–Crippen MR) is 78.3 cm³/mol. The van der Waals surface area contributed by atoms with Gasteiger partial charge < -0.3 is 10.2 Å².